The molecule has 1 N–H and O–H groups in total. The highest BCUT2D eigenvalue weighted by Gasteiger charge is 2.19. The van der Waals surface area contributed by atoms with Crippen molar-refractivity contribution < 1.29 is 14.3 Å². The van der Waals surface area contributed by atoms with Crippen molar-refractivity contribution in [3.05, 3.63) is 53.5 Å². The van der Waals surface area contributed by atoms with Crippen molar-refractivity contribution in [2.75, 3.05) is 24.3 Å². The Bertz CT molecular complexity index is 935. The molecule has 1 atom stereocenters. The lowest BCUT2D eigenvalue weighted by atomic mass is 10.2. The fourth-order valence-corrected chi connectivity index (χ4v) is 3.07. The summed E-state index contributed by atoms with van der Waals surface area (Å²) in [5.41, 5.74) is 4.63. The first kappa shape index (κ1) is 17.9. The Hall–Kier alpha value is -2.93. The SMILES string of the molecule is C[C@@H](OC(=O)c1ccc2ncsc2c1)C(=O)Nc1ccc(N(C)C)cc1. The summed E-state index contributed by atoms with van der Waals surface area (Å²) in [5.74, 6) is -0.916. The van der Waals surface area contributed by atoms with Crippen molar-refractivity contribution in [1.29, 1.82) is 0 Å². The number of hydrogen-bond donors (Lipinski definition) is 1. The van der Waals surface area contributed by atoms with E-state index in [0.29, 0.717) is 11.3 Å². The zero-order chi connectivity index (χ0) is 18.7. The molecule has 0 aliphatic rings. The second-order valence-corrected chi connectivity index (χ2v) is 6.90. The highest BCUT2D eigenvalue weighted by molar-refractivity contribution is 7.16. The number of carbonyl (C=O) groups is 2. The van der Waals surface area contributed by atoms with Gasteiger partial charge >= 0.3 is 5.97 Å². The van der Waals surface area contributed by atoms with Gasteiger partial charge in [0.15, 0.2) is 6.10 Å². The van der Waals surface area contributed by atoms with Gasteiger partial charge < -0.3 is 15.0 Å². The zero-order valence-electron chi connectivity index (χ0n) is 14.7. The smallest absolute Gasteiger partial charge is 0.338 e. The molecule has 0 bridgehead atoms. The van der Waals surface area contributed by atoms with Gasteiger partial charge in [0.05, 0.1) is 21.3 Å². The van der Waals surface area contributed by atoms with E-state index in [-0.39, 0.29) is 5.91 Å². The van der Waals surface area contributed by atoms with E-state index >= 15 is 0 Å². The number of esters is 1. The van der Waals surface area contributed by atoms with Gasteiger partial charge in [-0.25, -0.2) is 9.78 Å². The Morgan fingerprint density at radius 3 is 2.58 bits per heavy atom. The van der Waals surface area contributed by atoms with Crippen LogP contribution in [0.3, 0.4) is 0 Å². The van der Waals surface area contributed by atoms with Crippen molar-refractivity contribution in [1.82, 2.24) is 4.98 Å². The first-order valence-corrected chi connectivity index (χ1v) is 8.94. The molecule has 3 rings (SSSR count). The highest BCUT2D eigenvalue weighted by Crippen LogP contribution is 2.20. The van der Waals surface area contributed by atoms with Crippen molar-refractivity contribution in [2.24, 2.45) is 0 Å². The van der Waals surface area contributed by atoms with Crippen LogP contribution in [0.15, 0.2) is 48.0 Å². The van der Waals surface area contributed by atoms with Crippen LogP contribution in [0, 0.1) is 0 Å². The van der Waals surface area contributed by atoms with Gasteiger partial charge in [-0.3, -0.25) is 4.79 Å². The van der Waals surface area contributed by atoms with Crippen molar-refractivity contribution in [2.45, 2.75) is 13.0 Å². The molecule has 0 saturated carbocycles. The van der Waals surface area contributed by atoms with Gasteiger partial charge in [-0.2, -0.15) is 0 Å². The van der Waals surface area contributed by atoms with Crippen LogP contribution >= 0.6 is 11.3 Å². The van der Waals surface area contributed by atoms with Gasteiger partial charge in [-0.1, -0.05) is 0 Å². The third-order valence-corrected chi connectivity index (χ3v) is 4.66. The summed E-state index contributed by atoms with van der Waals surface area (Å²) in [6.07, 6.45) is -0.909. The summed E-state index contributed by atoms with van der Waals surface area (Å²) in [7, 11) is 3.89. The first-order chi connectivity index (χ1) is 12.4. The maximum absolute atomic E-state index is 12.3. The molecule has 0 aliphatic heterocycles. The number of benzene rings is 2. The van der Waals surface area contributed by atoms with Gasteiger partial charge in [0.25, 0.3) is 5.91 Å². The lowest BCUT2D eigenvalue weighted by Crippen LogP contribution is -2.30. The number of amides is 1. The van der Waals surface area contributed by atoms with Crippen LogP contribution in [0.4, 0.5) is 11.4 Å². The summed E-state index contributed by atoms with van der Waals surface area (Å²) >= 11 is 1.45. The number of rotatable bonds is 5. The largest absolute Gasteiger partial charge is 0.449 e. The third-order valence-electron chi connectivity index (χ3n) is 3.87. The first-order valence-electron chi connectivity index (χ1n) is 8.06. The number of ether oxygens (including phenoxy) is 1. The van der Waals surface area contributed by atoms with E-state index in [4.69, 9.17) is 4.74 Å². The second-order valence-electron chi connectivity index (χ2n) is 6.01. The molecule has 134 valence electrons. The lowest BCUT2D eigenvalue weighted by Gasteiger charge is -2.15. The van der Waals surface area contributed by atoms with Crippen LogP contribution in [0.1, 0.15) is 17.3 Å². The van der Waals surface area contributed by atoms with E-state index in [1.54, 1.807) is 42.8 Å². The Morgan fingerprint density at radius 2 is 1.88 bits per heavy atom. The van der Waals surface area contributed by atoms with Crippen molar-refractivity contribution in [3.63, 3.8) is 0 Å². The molecule has 0 unspecified atom stereocenters. The Kier molecular flexibility index (Phi) is 5.18. The standard InChI is InChI=1S/C19H19N3O3S/c1-12(18(23)21-14-5-7-15(8-6-14)22(2)3)25-19(24)13-4-9-16-17(10-13)26-11-20-16/h4-12H,1-3H3,(H,21,23)/t12-/m1/s1. The fourth-order valence-electron chi connectivity index (χ4n) is 2.35. The molecule has 0 radical (unpaired) electrons. The Balaban J connectivity index is 1.61. The van der Waals surface area contributed by atoms with E-state index in [1.807, 2.05) is 31.1 Å². The number of carbonyl (C=O) groups excluding carboxylic acids is 2. The minimum Gasteiger partial charge on any atom is -0.449 e. The summed E-state index contributed by atoms with van der Waals surface area (Å²) in [6, 6.07) is 12.5. The zero-order valence-corrected chi connectivity index (χ0v) is 15.5. The molecular weight excluding hydrogens is 350 g/mol. The Morgan fingerprint density at radius 1 is 1.15 bits per heavy atom. The molecule has 6 nitrogen and oxygen atoms in total. The predicted molar refractivity (Wildman–Crippen MR) is 104 cm³/mol. The van der Waals surface area contributed by atoms with Crippen LogP contribution in [0.25, 0.3) is 10.2 Å². The minimum atomic E-state index is -0.909. The molecule has 7 heteroatoms. The lowest BCUT2D eigenvalue weighted by molar-refractivity contribution is -0.123. The molecule has 3 aromatic rings. The Labute approximate surface area is 155 Å². The maximum Gasteiger partial charge on any atom is 0.338 e. The number of hydrogen-bond acceptors (Lipinski definition) is 6. The number of nitrogens with zero attached hydrogens (tertiary/aromatic N) is 2. The predicted octanol–water partition coefficient (Wildman–Crippen LogP) is 3.55. The monoisotopic (exact) mass is 369 g/mol. The number of anilines is 2. The third kappa shape index (κ3) is 4.00. The number of thiazole rings is 1. The van der Waals surface area contributed by atoms with Crippen LogP contribution < -0.4 is 10.2 Å². The normalized spacial score (nSPS) is 11.8. The molecule has 1 amide bonds. The molecule has 26 heavy (non-hydrogen) atoms. The van der Waals surface area contributed by atoms with E-state index < -0.39 is 12.1 Å². The fraction of sp³-hybridized carbons (Fsp3) is 0.211. The maximum atomic E-state index is 12.3. The van der Waals surface area contributed by atoms with Crippen molar-refractivity contribution in [3.8, 4) is 0 Å². The van der Waals surface area contributed by atoms with Crippen LogP contribution in [0.2, 0.25) is 0 Å². The average molecular weight is 369 g/mol. The summed E-state index contributed by atoms with van der Waals surface area (Å²) < 4.78 is 6.18. The highest BCUT2D eigenvalue weighted by atomic mass is 32.1. The summed E-state index contributed by atoms with van der Waals surface area (Å²) in [5, 5.41) is 2.75. The van der Waals surface area contributed by atoms with Crippen LogP contribution in [0.5, 0.6) is 0 Å². The molecule has 0 saturated heterocycles. The van der Waals surface area contributed by atoms with E-state index in [0.717, 1.165) is 15.9 Å². The number of aromatic nitrogens is 1. The van der Waals surface area contributed by atoms with Crippen molar-refractivity contribution >= 4 is 44.8 Å². The van der Waals surface area contributed by atoms with E-state index in [1.165, 1.54) is 11.3 Å². The van der Waals surface area contributed by atoms with E-state index in [2.05, 4.69) is 10.3 Å². The average Bonchev–Trinajstić information content (AvgIpc) is 3.09. The second kappa shape index (κ2) is 7.53. The van der Waals surface area contributed by atoms with Crippen LogP contribution in [-0.2, 0) is 9.53 Å². The summed E-state index contributed by atoms with van der Waals surface area (Å²) in [4.78, 5) is 30.7. The quantitative estimate of drug-likeness (QED) is 0.697. The number of fused-ring (bicyclic) bond motifs is 1. The van der Waals surface area contributed by atoms with Gasteiger partial charge in [-0.15, -0.1) is 11.3 Å². The summed E-state index contributed by atoms with van der Waals surface area (Å²) in [6.45, 7) is 1.55. The molecule has 0 aliphatic carbocycles. The van der Waals surface area contributed by atoms with Gasteiger partial charge in [0.2, 0.25) is 0 Å². The molecule has 1 aromatic heterocycles. The van der Waals surface area contributed by atoms with Gasteiger partial charge in [-0.05, 0) is 49.4 Å². The minimum absolute atomic E-state index is 0.380. The van der Waals surface area contributed by atoms with Gasteiger partial charge in [0.1, 0.15) is 0 Å². The molecular formula is C19H19N3O3S. The van der Waals surface area contributed by atoms with Crippen LogP contribution in [-0.4, -0.2) is 37.1 Å². The number of nitrogens with one attached hydrogen (secondary N) is 1. The molecule has 2 aromatic carbocycles. The molecule has 0 spiro atoms. The molecule has 0 fully saturated rings. The molecule has 1 heterocycles. The van der Waals surface area contributed by atoms with Gasteiger partial charge in [0, 0.05) is 25.5 Å². The topological polar surface area (TPSA) is 71.5 Å². The van der Waals surface area contributed by atoms with E-state index in [9.17, 15) is 9.59 Å².